The lowest BCUT2D eigenvalue weighted by Crippen LogP contribution is -2.03. The highest BCUT2D eigenvalue weighted by molar-refractivity contribution is 6.36. The zero-order chi connectivity index (χ0) is 17.1. The van der Waals surface area contributed by atoms with Gasteiger partial charge >= 0.3 is 0 Å². The van der Waals surface area contributed by atoms with Crippen LogP contribution in [0.25, 0.3) is 5.95 Å². The van der Waals surface area contributed by atoms with E-state index in [1.54, 1.807) is 0 Å². The number of aromatic nitrogens is 5. The predicted molar refractivity (Wildman–Crippen MR) is 83.6 cm³/mol. The summed E-state index contributed by atoms with van der Waals surface area (Å²) in [5.74, 6) is 0.0335. The number of hydrogen-bond acceptors (Lipinski definition) is 6. The average Bonchev–Trinajstić information content (AvgIpc) is 3.08. The summed E-state index contributed by atoms with van der Waals surface area (Å²) in [5.41, 5.74) is 0.737. The second-order valence-electron chi connectivity index (χ2n) is 4.64. The summed E-state index contributed by atoms with van der Waals surface area (Å²) in [7, 11) is 0. The maximum atomic E-state index is 13.5. The smallest absolute Gasteiger partial charge is 0.252 e. The number of ether oxygens (including phenoxy) is 1. The standard InChI is InChI=1S/C14H10Cl2FN5O2/c15-11-1-2-12(17)13(16)10(11)7-24-9-3-18-14(19-4-9)22-5-8(6-23)20-21-22/h1-5,23H,6-7H2. The minimum Gasteiger partial charge on any atom is -0.486 e. The van der Waals surface area contributed by atoms with Crippen molar-refractivity contribution in [2.24, 2.45) is 0 Å². The van der Waals surface area contributed by atoms with E-state index in [9.17, 15) is 4.39 Å². The molecule has 2 heterocycles. The van der Waals surface area contributed by atoms with Gasteiger partial charge in [-0.05, 0) is 12.1 Å². The topological polar surface area (TPSA) is 86.0 Å². The minimum atomic E-state index is -0.572. The first-order valence-corrected chi connectivity index (χ1v) is 7.43. The number of aliphatic hydroxyl groups is 1. The van der Waals surface area contributed by atoms with Gasteiger partial charge in [0.05, 0.1) is 30.2 Å². The highest BCUT2D eigenvalue weighted by Gasteiger charge is 2.12. The monoisotopic (exact) mass is 369 g/mol. The Balaban J connectivity index is 1.72. The van der Waals surface area contributed by atoms with Gasteiger partial charge in [0, 0.05) is 10.6 Å². The van der Waals surface area contributed by atoms with Crippen molar-refractivity contribution in [2.75, 3.05) is 0 Å². The first-order chi connectivity index (χ1) is 11.6. The Labute approximate surface area is 145 Å². The summed E-state index contributed by atoms with van der Waals surface area (Å²) in [6, 6.07) is 2.59. The van der Waals surface area contributed by atoms with Crippen molar-refractivity contribution in [3.05, 3.63) is 57.8 Å². The number of rotatable bonds is 5. The van der Waals surface area contributed by atoms with Crippen LogP contribution in [0, 0.1) is 5.82 Å². The van der Waals surface area contributed by atoms with Crippen molar-refractivity contribution >= 4 is 23.2 Å². The molecule has 0 atom stereocenters. The molecule has 3 aromatic rings. The fourth-order valence-corrected chi connectivity index (χ4v) is 2.31. The molecular weight excluding hydrogens is 360 g/mol. The van der Waals surface area contributed by atoms with E-state index in [0.717, 1.165) is 0 Å². The van der Waals surface area contributed by atoms with Gasteiger partial charge in [-0.25, -0.2) is 14.4 Å². The summed E-state index contributed by atoms with van der Waals surface area (Å²) in [5, 5.41) is 16.7. The quantitative estimate of drug-likeness (QED) is 0.695. The van der Waals surface area contributed by atoms with Gasteiger partial charge < -0.3 is 9.84 Å². The van der Waals surface area contributed by atoms with Crippen LogP contribution in [-0.2, 0) is 13.2 Å². The van der Waals surface area contributed by atoms with Crippen LogP contribution >= 0.6 is 23.2 Å². The Bertz CT molecular complexity index is 857. The van der Waals surface area contributed by atoms with Gasteiger partial charge in [-0.3, -0.25) is 0 Å². The molecule has 0 amide bonds. The molecule has 1 aromatic carbocycles. The fourth-order valence-electron chi connectivity index (χ4n) is 1.83. The second kappa shape index (κ2) is 7.08. The number of nitrogens with zero attached hydrogens (tertiary/aromatic N) is 5. The van der Waals surface area contributed by atoms with Crippen LogP contribution < -0.4 is 4.74 Å². The van der Waals surface area contributed by atoms with E-state index in [2.05, 4.69) is 20.3 Å². The summed E-state index contributed by atoms with van der Waals surface area (Å²) in [6.07, 6.45) is 4.34. The van der Waals surface area contributed by atoms with Crippen LogP contribution in [0.5, 0.6) is 5.75 Å². The molecule has 124 valence electrons. The Morgan fingerprint density at radius 1 is 1.21 bits per heavy atom. The van der Waals surface area contributed by atoms with Crippen molar-refractivity contribution in [2.45, 2.75) is 13.2 Å². The molecule has 0 saturated carbocycles. The summed E-state index contributed by atoms with van der Waals surface area (Å²) in [6.45, 7) is -0.257. The summed E-state index contributed by atoms with van der Waals surface area (Å²) >= 11 is 11.9. The van der Waals surface area contributed by atoms with Gasteiger partial charge in [-0.2, -0.15) is 4.68 Å². The van der Waals surface area contributed by atoms with Crippen molar-refractivity contribution in [1.29, 1.82) is 0 Å². The molecule has 0 radical (unpaired) electrons. The van der Waals surface area contributed by atoms with E-state index >= 15 is 0 Å². The molecule has 2 aromatic heterocycles. The Kier molecular flexibility index (Phi) is 4.89. The summed E-state index contributed by atoms with van der Waals surface area (Å²) in [4.78, 5) is 8.15. The first kappa shape index (κ1) is 16.6. The lowest BCUT2D eigenvalue weighted by molar-refractivity contribution is 0.276. The molecule has 0 aliphatic rings. The zero-order valence-electron chi connectivity index (χ0n) is 12.0. The Hall–Kier alpha value is -2.29. The third-order valence-electron chi connectivity index (χ3n) is 3.04. The van der Waals surface area contributed by atoms with Crippen LogP contribution in [-0.4, -0.2) is 30.1 Å². The minimum absolute atomic E-state index is 0.0316. The zero-order valence-corrected chi connectivity index (χ0v) is 13.5. The predicted octanol–water partition coefficient (Wildman–Crippen LogP) is 2.57. The van der Waals surface area contributed by atoms with Gasteiger partial charge in [0.25, 0.3) is 5.95 Å². The van der Waals surface area contributed by atoms with E-state index in [1.165, 1.54) is 35.4 Å². The Morgan fingerprint density at radius 2 is 1.96 bits per heavy atom. The van der Waals surface area contributed by atoms with Crippen LogP contribution in [0.15, 0.2) is 30.7 Å². The number of benzene rings is 1. The van der Waals surface area contributed by atoms with Gasteiger partial charge in [-0.15, -0.1) is 5.10 Å². The molecule has 7 nitrogen and oxygen atoms in total. The molecule has 0 aliphatic carbocycles. The second-order valence-corrected chi connectivity index (χ2v) is 5.43. The first-order valence-electron chi connectivity index (χ1n) is 6.68. The molecular formula is C14H10Cl2FN5O2. The highest BCUT2D eigenvalue weighted by atomic mass is 35.5. The van der Waals surface area contributed by atoms with Gasteiger partial charge in [0.15, 0.2) is 5.75 Å². The largest absolute Gasteiger partial charge is 0.486 e. The van der Waals surface area contributed by atoms with Crippen molar-refractivity contribution < 1.29 is 14.2 Å². The van der Waals surface area contributed by atoms with Crippen molar-refractivity contribution in [1.82, 2.24) is 25.0 Å². The van der Waals surface area contributed by atoms with Crippen LogP contribution in [0.1, 0.15) is 11.3 Å². The van der Waals surface area contributed by atoms with E-state index in [4.69, 9.17) is 33.0 Å². The van der Waals surface area contributed by atoms with Crippen molar-refractivity contribution in [3.63, 3.8) is 0 Å². The molecule has 0 bridgehead atoms. The lowest BCUT2D eigenvalue weighted by atomic mass is 10.2. The van der Waals surface area contributed by atoms with Gasteiger partial charge in [0.1, 0.15) is 18.1 Å². The van der Waals surface area contributed by atoms with E-state index < -0.39 is 5.82 Å². The van der Waals surface area contributed by atoms with Crippen LogP contribution in [0.3, 0.4) is 0 Å². The van der Waals surface area contributed by atoms with E-state index in [-0.39, 0.29) is 24.2 Å². The summed E-state index contributed by atoms with van der Waals surface area (Å²) < 4.78 is 20.2. The third-order valence-corrected chi connectivity index (χ3v) is 3.81. The van der Waals surface area contributed by atoms with Gasteiger partial charge in [-0.1, -0.05) is 28.4 Å². The van der Waals surface area contributed by atoms with Crippen LogP contribution in [0.2, 0.25) is 10.0 Å². The molecule has 0 aliphatic heterocycles. The number of hydrogen-bond donors (Lipinski definition) is 1. The average molecular weight is 370 g/mol. The molecule has 0 fully saturated rings. The fraction of sp³-hybridized carbons (Fsp3) is 0.143. The molecule has 24 heavy (non-hydrogen) atoms. The lowest BCUT2D eigenvalue weighted by Gasteiger charge is -2.09. The number of aliphatic hydroxyl groups excluding tert-OH is 1. The molecule has 10 heteroatoms. The molecule has 0 saturated heterocycles. The maximum Gasteiger partial charge on any atom is 0.252 e. The highest BCUT2D eigenvalue weighted by Crippen LogP contribution is 2.28. The maximum absolute atomic E-state index is 13.5. The van der Waals surface area contributed by atoms with Gasteiger partial charge in [0.2, 0.25) is 0 Å². The third kappa shape index (κ3) is 3.45. The molecule has 0 unspecified atom stereocenters. The Morgan fingerprint density at radius 3 is 2.62 bits per heavy atom. The molecule has 3 rings (SSSR count). The number of halogens is 3. The molecule has 1 N–H and O–H groups in total. The van der Waals surface area contributed by atoms with Crippen molar-refractivity contribution in [3.8, 4) is 11.7 Å². The van der Waals surface area contributed by atoms with E-state index in [0.29, 0.717) is 22.0 Å². The SMILES string of the molecule is OCc1cn(-c2ncc(OCc3c(Cl)ccc(F)c3Cl)cn2)nn1. The molecule has 0 spiro atoms. The normalized spacial score (nSPS) is 10.8. The van der Waals surface area contributed by atoms with E-state index in [1.807, 2.05) is 0 Å². The van der Waals surface area contributed by atoms with Crippen LogP contribution in [0.4, 0.5) is 4.39 Å².